The molecule has 1 aliphatic rings. The quantitative estimate of drug-likeness (QED) is 0.208. The van der Waals surface area contributed by atoms with Crippen LogP contribution in [-0.2, 0) is 20.9 Å². The summed E-state index contributed by atoms with van der Waals surface area (Å²) >= 11 is 0. The summed E-state index contributed by atoms with van der Waals surface area (Å²) in [6.07, 6.45) is 1.02. The van der Waals surface area contributed by atoms with Crippen molar-refractivity contribution in [3.05, 3.63) is 95.3 Å². The number of rotatable bonds is 12. The van der Waals surface area contributed by atoms with Gasteiger partial charge in [-0.15, -0.1) is 20.4 Å². The molecular weight excluding hydrogens is 558 g/mol. The van der Waals surface area contributed by atoms with Gasteiger partial charge in [-0.25, -0.2) is 4.79 Å². The molecule has 3 aromatic carbocycles. The molecule has 5 rings (SSSR count). The fourth-order valence-electron chi connectivity index (χ4n) is 5.27. The standard InChI is InChI=1S/C33H35N7O4/c1-21-37-39-31(40-38-21)24-16-14-23(15-17-24)19-35-32(42)30(13-7-8-18-34-22(2)41)36-33(43)44-20-29-27-11-5-3-9-25(27)26-10-4-6-12-28(26)29/h3-6,9-12,14-17,29-30H,7-8,13,18-20H2,1-2H3,(H,34,41)(H,35,42)(H,36,43). The second-order valence-electron chi connectivity index (χ2n) is 10.7. The average Bonchev–Trinajstić information content (AvgIpc) is 3.36. The predicted molar refractivity (Wildman–Crippen MR) is 164 cm³/mol. The van der Waals surface area contributed by atoms with Crippen LogP contribution < -0.4 is 16.0 Å². The van der Waals surface area contributed by atoms with E-state index in [4.69, 9.17) is 4.74 Å². The van der Waals surface area contributed by atoms with Crippen LogP contribution >= 0.6 is 0 Å². The number of hydrogen-bond acceptors (Lipinski definition) is 8. The van der Waals surface area contributed by atoms with E-state index in [1.165, 1.54) is 6.92 Å². The van der Waals surface area contributed by atoms with Gasteiger partial charge in [0.05, 0.1) is 0 Å². The Balaban J connectivity index is 1.19. The number of alkyl carbamates (subject to hydrolysis) is 1. The Labute approximate surface area is 255 Å². The highest BCUT2D eigenvalue weighted by molar-refractivity contribution is 5.85. The molecule has 1 atom stereocenters. The van der Waals surface area contributed by atoms with Gasteiger partial charge in [0.15, 0.2) is 5.82 Å². The molecule has 0 fully saturated rings. The molecule has 1 heterocycles. The number of carbonyl (C=O) groups is 3. The number of hydrogen-bond donors (Lipinski definition) is 3. The maximum Gasteiger partial charge on any atom is 0.407 e. The van der Waals surface area contributed by atoms with Gasteiger partial charge in [-0.2, -0.15) is 0 Å². The largest absolute Gasteiger partial charge is 0.449 e. The van der Waals surface area contributed by atoms with Crippen molar-refractivity contribution in [1.29, 1.82) is 0 Å². The molecule has 0 saturated heterocycles. The first kappa shape index (κ1) is 30.3. The fourth-order valence-corrected chi connectivity index (χ4v) is 5.27. The topological polar surface area (TPSA) is 148 Å². The van der Waals surface area contributed by atoms with Crippen molar-refractivity contribution < 1.29 is 19.1 Å². The summed E-state index contributed by atoms with van der Waals surface area (Å²) in [5, 5.41) is 24.4. The van der Waals surface area contributed by atoms with Gasteiger partial charge >= 0.3 is 6.09 Å². The molecule has 11 nitrogen and oxygen atoms in total. The maximum atomic E-state index is 13.2. The molecule has 0 aliphatic heterocycles. The van der Waals surface area contributed by atoms with Gasteiger partial charge in [0, 0.05) is 31.5 Å². The minimum atomic E-state index is -0.805. The summed E-state index contributed by atoms with van der Waals surface area (Å²) in [6.45, 7) is 4.09. The van der Waals surface area contributed by atoms with Crippen LogP contribution in [-0.4, -0.2) is 57.5 Å². The molecule has 11 heteroatoms. The maximum absolute atomic E-state index is 13.2. The summed E-state index contributed by atoms with van der Waals surface area (Å²) in [7, 11) is 0. The van der Waals surface area contributed by atoms with E-state index in [1.807, 2.05) is 48.5 Å². The van der Waals surface area contributed by atoms with Crippen molar-refractivity contribution in [2.24, 2.45) is 0 Å². The zero-order valence-corrected chi connectivity index (χ0v) is 24.7. The first-order valence-electron chi connectivity index (χ1n) is 14.7. The normalized spacial score (nSPS) is 12.5. The molecule has 4 aromatic rings. The van der Waals surface area contributed by atoms with Crippen LogP contribution in [0.1, 0.15) is 54.6 Å². The van der Waals surface area contributed by atoms with Crippen LogP contribution in [0.4, 0.5) is 4.79 Å². The molecule has 1 aliphatic carbocycles. The number of nitrogens with zero attached hydrogens (tertiary/aromatic N) is 4. The van der Waals surface area contributed by atoms with Crippen LogP contribution in [0.3, 0.4) is 0 Å². The van der Waals surface area contributed by atoms with Crippen molar-refractivity contribution in [2.75, 3.05) is 13.2 Å². The first-order valence-corrected chi connectivity index (χ1v) is 14.7. The van der Waals surface area contributed by atoms with Crippen LogP contribution in [0, 0.1) is 6.92 Å². The summed E-state index contributed by atoms with van der Waals surface area (Å²) in [5.74, 6) is 0.390. The van der Waals surface area contributed by atoms with Crippen molar-refractivity contribution >= 4 is 17.9 Å². The van der Waals surface area contributed by atoms with Crippen LogP contribution in [0.25, 0.3) is 22.5 Å². The third-order valence-corrected chi connectivity index (χ3v) is 7.50. The highest BCUT2D eigenvalue weighted by Gasteiger charge is 2.29. The predicted octanol–water partition coefficient (Wildman–Crippen LogP) is 4.07. The monoisotopic (exact) mass is 593 g/mol. The Morgan fingerprint density at radius 1 is 0.818 bits per heavy atom. The molecule has 3 N–H and O–H groups in total. The third-order valence-electron chi connectivity index (χ3n) is 7.50. The zero-order valence-electron chi connectivity index (χ0n) is 24.7. The summed E-state index contributed by atoms with van der Waals surface area (Å²) in [4.78, 5) is 37.4. The highest BCUT2D eigenvalue weighted by atomic mass is 16.5. The lowest BCUT2D eigenvalue weighted by Crippen LogP contribution is -2.47. The number of benzene rings is 3. The molecule has 3 amide bonds. The van der Waals surface area contributed by atoms with Gasteiger partial charge in [-0.1, -0.05) is 72.8 Å². The van der Waals surface area contributed by atoms with E-state index < -0.39 is 12.1 Å². The molecule has 226 valence electrons. The van der Waals surface area contributed by atoms with E-state index in [0.717, 1.165) is 33.4 Å². The van der Waals surface area contributed by atoms with Crippen molar-refractivity contribution in [1.82, 2.24) is 36.3 Å². The van der Waals surface area contributed by atoms with Gasteiger partial charge in [-0.05, 0) is 54.0 Å². The first-order chi connectivity index (χ1) is 21.4. The lowest BCUT2D eigenvalue weighted by atomic mass is 9.98. The number of ether oxygens (including phenoxy) is 1. The lowest BCUT2D eigenvalue weighted by Gasteiger charge is -2.20. The minimum Gasteiger partial charge on any atom is -0.449 e. The molecule has 44 heavy (non-hydrogen) atoms. The molecule has 1 aromatic heterocycles. The van der Waals surface area contributed by atoms with E-state index in [9.17, 15) is 14.4 Å². The second kappa shape index (κ2) is 14.3. The number of aryl methyl sites for hydroxylation is 1. The molecule has 0 saturated carbocycles. The number of unbranched alkanes of at least 4 members (excludes halogenated alkanes) is 1. The molecule has 0 radical (unpaired) electrons. The molecule has 0 spiro atoms. The Morgan fingerprint density at radius 3 is 2.09 bits per heavy atom. The van der Waals surface area contributed by atoms with Crippen LogP contribution in [0.2, 0.25) is 0 Å². The average molecular weight is 594 g/mol. The fraction of sp³-hybridized carbons (Fsp3) is 0.303. The summed E-state index contributed by atoms with van der Waals surface area (Å²) in [5.41, 5.74) is 6.12. The van der Waals surface area contributed by atoms with E-state index in [0.29, 0.717) is 37.5 Å². The SMILES string of the molecule is CC(=O)NCCCCC(NC(=O)OCC1c2ccccc2-c2ccccc21)C(=O)NCc1ccc(-c2nnc(C)nn2)cc1. The highest BCUT2D eigenvalue weighted by Crippen LogP contribution is 2.44. The summed E-state index contributed by atoms with van der Waals surface area (Å²) < 4.78 is 5.70. The number of fused-ring (bicyclic) bond motifs is 3. The number of aromatic nitrogens is 4. The molecule has 0 bridgehead atoms. The van der Waals surface area contributed by atoms with Crippen molar-refractivity contribution in [2.45, 2.75) is 51.6 Å². The molecule has 1 unspecified atom stereocenters. The smallest absolute Gasteiger partial charge is 0.407 e. The van der Waals surface area contributed by atoms with E-state index >= 15 is 0 Å². The van der Waals surface area contributed by atoms with E-state index in [1.54, 1.807) is 6.92 Å². The minimum absolute atomic E-state index is 0.0853. The van der Waals surface area contributed by atoms with Gasteiger partial charge in [-0.3, -0.25) is 9.59 Å². The number of amides is 3. The van der Waals surface area contributed by atoms with E-state index in [2.05, 4.69) is 60.6 Å². The number of nitrogens with one attached hydrogen (secondary N) is 3. The van der Waals surface area contributed by atoms with E-state index in [-0.39, 0.29) is 30.9 Å². The number of carbonyl (C=O) groups excluding carboxylic acids is 3. The van der Waals surface area contributed by atoms with Crippen molar-refractivity contribution in [3.8, 4) is 22.5 Å². The Hall–Kier alpha value is -5.19. The van der Waals surface area contributed by atoms with Gasteiger partial charge in [0.25, 0.3) is 0 Å². The van der Waals surface area contributed by atoms with Crippen LogP contribution in [0.15, 0.2) is 72.8 Å². The summed E-state index contributed by atoms with van der Waals surface area (Å²) in [6, 6.07) is 22.8. The van der Waals surface area contributed by atoms with Gasteiger partial charge in [0.1, 0.15) is 12.6 Å². The Bertz CT molecular complexity index is 1560. The van der Waals surface area contributed by atoms with Gasteiger partial charge < -0.3 is 20.7 Å². The lowest BCUT2D eigenvalue weighted by molar-refractivity contribution is -0.123. The van der Waals surface area contributed by atoms with Gasteiger partial charge in [0.2, 0.25) is 17.6 Å². The van der Waals surface area contributed by atoms with Crippen molar-refractivity contribution in [3.63, 3.8) is 0 Å². The zero-order chi connectivity index (χ0) is 30.9. The molecular formula is C33H35N7O4. The Morgan fingerprint density at radius 2 is 1.45 bits per heavy atom. The van der Waals surface area contributed by atoms with Crippen LogP contribution in [0.5, 0.6) is 0 Å². The second-order valence-corrected chi connectivity index (χ2v) is 10.7. The third kappa shape index (κ3) is 7.60. The Kier molecular flexibility index (Phi) is 9.85.